The van der Waals surface area contributed by atoms with Gasteiger partial charge in [-0.3, -0.25) is 9.59 Å². The molecule has 0 atom stereocenters. The molecule has 0 bridgehead atoms. The molecule has 0 aliphatic rings. The zero-order valence-electron chi connectivity index (χ0n) is 26.5. The molecule has 6 nitrogen and oxygen atoms in total. The molecule has 0 aromatic carbocycles. The van der Waals surface area contributed by atoms with E-state index in [-0.39, 0.29) is 11.8 Å². The summed E-state index contributed by atoms with van der Waals surface area (Å²) in [5, 5.41) is 0. The number of likely N-dealkylation sites (N-methyl/N-ethyl adjacent to an activating group) is 2. The second-order valence-corrected chi connectivity index (χ2v) is 11.4. The molecule has 2 amide bonds. The maximum absolute atomic E-state index is 12.4. The normalized spacial score (nSPS) is 12.1. The van der Waals surface area contributed by atoms with Crippen molar-refractivity contribution in [2.24, 2.45) is 5.41 Å². The SMILES string of the molecule is CCCCCCCCCCOCC(/C=C/C(=O)N(C)C)(/C=C/C(=O)N(C)C)COCCCCCCCCCC. The van der Waals surface area contributed by atoms with Gasteiger partial charge in [0.15, 0.2) is 0 Å². The van der Waals surface area contributed by atoms with Crippen molar-refractivity contribution < 1.29 is 19.1 Å². The third kappa shape index (κ3) is 21.8. The van der Waals surface area contributed by atoms with Crippen LogP contribution in [0.5, 0.6) is 0 Å². The molecule has 0 heterocycles. The smallest absolute Gasteiger partial charge is 0.245 e. The fourth-order valence-corrected chi connectivity index (χ4v) is 4.26. The van der Waals surface area contributed by atoms with Crippen LogP contribution in [0.15, 0.2) is 24.3 Å². The minimum atomic E-state index is -0.683. The summed E-state index contributed by atoms with van der Waals surface area (Å²) in [6, 6.07) is 0. The van der Waals surface area contributed by atoms with Gasteiger partial charge in [-0.05, 0) is 12.8 Å². The summed E-state index contributed by atoms with van der Waals surface area (Å²) in [4.78, 5) is 27.8. The Hall–Kier alpha value is -1.66. The molecule has 6 heteroatoms. The van der Waals surface area contributed by atoms with E-state index in [1.807, 2.05) is 12.2 Å². The second kappa shape index (κ2) is 25.3. The number of amides is 2. The number of carbonyl (C=O) groups is 2. The van der Waals surface area contributed by atoms with E-state index in [0.29, 0.717) is 26.4 Å². The van der Waals surface area contributed by atoms with E-state index >= 15 is 0 Å². The number of ether oxygens (including phenoxy) is 2. The van der Waals surface area contributed by atoms with Crippen LogP contribution >= 0.6 is 0 Å². The summed E-state index contributed by atoms with van der Waals surface area (Å²) in [5.74, 6) is -0.198. The average molecular weight is 551 g/mol. The van der Waals surface area contributed by atoms with Crippen LogP contribution in [0.25, 0.3) is 0 Å². The molecule has 0 saturated heterocycles. The van der Waals surface area contributed by atoms with Gasteiger partial charge in [-0.2, -0.15) is 0 Å². The van der Waals surface area contributed by atoms with E-state index in [4.69, 9.17) is 9.47 Å². The Bertz CT molecular complexity index is 602. The van der Waals surface area contributed by atoms with Gasteiger partial charge in [0.05, 0.1) is 18.6 Å². The summed E-state index contributed by atoms with van der Waals surface area (Å²) in [5.41, 5.74) is -0.683. The van der Waals surface area contributed by atoms with Crippen molar-refractivity contribution in [3.8, 4) is 0 Å². The van der Waals surface area contributed by atoms with E-state index < -0.39 is 5.41 Å². The topological polar surface area (TPSA) is 59.1 Å². The maximum atomic E-state index is 12.4. The summed E-state index contributed by atoms with van der Waals surface area (Å²) in [6.07, 6.45) is 26.8. The lowest BCUT2D eigenvalue weighted by Crippen LogP contribution is -2.31. The van der Waals surface area contributed by atoms with E-state index in [1.165, 1.54) is 77.0 Å². The Morgan fingerprint density at radius 2 is 0.846 bits per heavy atom. The summed E-state index contributed by atoms with van der Waals surface area (Å²) in [6.45, 7) is 6.57. The number of hydrogen-bond acceptors (Lipinski definition) is 4. The van der Waals surface area contributed by atoms with Gasteiger partial charge in [-0.25, -0.2) is 0 Å². The summed E-state index contributed by atoms with van der Waals surface area (Å²) >= 11 is 0. The van der Waals surface area contributed by atoms with Gasteiger partial charge in [0.25, 0.3) is 0 Å². The van der Waals surface area contributed by atoms with Crippen molar-refractivity contribution in [1.82, 2.24) is 9.80 Å². The lowest BCUT2D eigenvalue weighted by molar-refractivity contribution is -0.124. The standard InChI is InChI=1S/C33H62N2O4/c1-7-9-11-13-15-17-19-21-27-38-29-33(25-23-31(36)34(3)4,26-24-32(37)35(5)6)30-39-28-22-20-18-16-14-12-10-8-2/h23-26H,7-22,27-30H2,1-6H3/b25-23+,26-24+. The van der Waals surface area contributed by atoms with Crippen LogP contribution in [0.2, 0.25) is 0 Å². The van der Waals surface area contributed by atoms with E-state index in [9.17, 15) is 9.59 Å². The molecular formula is C33H62N2O4. The summed E-state index contributed by atoms with van der Waals surface area (Å²) < 4.78 is 12.3. The van der Waals surface area contributed by atoms with Crippen LogP contribution in [0.3, 0.4) is 0 Å². The Kier molecular flexibility index (Phi) is 24.2. The molecule has 0 rings (SSSR count). The van der Waals surface area contributed by atoms with E-state index in [2.05, 4.69) is 13.8 Å². The molecule has 228 valence electrons. The van der Waals surface area contributed by atoms with Gasteiger partial charge in [-0.15, -0.1) is 0 Å². The molecular weight excluding hydrogens is 488 g/mol. The Morgan fingerprint density at radius 3 is 1.15 bits per heavy atom. The highest BCUT2D eigenvalue weighted by molar-refractivity contribution is 5.88. The van der Waals surface area contributed by atoms with Crippen molar-refractivity contribution in [3.05, 3.63) is 24.3 Å². The third-order valence-electron chi connectivity index (χ3n) is 7.02. The van der Waals surface area contributed by atoms with Crippen molar-refractivity contribution >= 4 is 11.8 Å². The Labute approximate surface area is 241 Å². The average Bonchev–Trinajstić information content (AvgIpc) is 2.91. The first-order valence-electron chi connectivity index (χ1n) is 15.7. The Balaban J connectivity index is 5.02. The van der Waals surface area contributed by atoms with Crippen molar-refractivity contribution in [2.75, 3.05) is 54.6 Å². The first-order valence-corrected chi connectivity index (χ1v) is 15.7. The van der Waals surface area contributed by atoms with Gasteiger partial charge in [0, 0.05) is 53.6 Å². The third-order valence-corrected chi connectivity index (χ3v) is 7.02. The second-order valence-electron chi connectivity index (χ2n) is 11.4. The number of unbranched alkanes of at least 4 members (excludes halogenated alkanes) is 14. The largest absolute Gasteiger partial charge is 0.380 e. The predicted octanol–water partition coefficient (Wildman–Crippen LogP) is 7.58. The van der Waals surface area contributed by atoms with Crippen LogP contribution in [0, 0.1) is 5.41 Å². The first-order chi connectivity index (χ1) is 18.8. The van der Waals surface area contributed by atoms with E-state index in [0.717, 1.165) is 25.7 Å². The molecule has 39 heavy (non-hydrogen) atoms. The van der Waals surface area contributed by atoms with Gasteiger partial charge < -0.3 is 19.3 Å². The van der Waals surface area contributed by atoms with Crippen molar-refractivity contribution in [1.29, 1.82) is 0 Å². The van der Waals surface area contributed by atoms with Gasteiger partial charge in [0.1, 0.15) is 0 Å². The van der Waals surface area contributed by atoms with Crippen LogP contribution < -0.4 is 0 Å². The molecule has 0 fully saturated rings. The maximum Gasteiger partial charge on any atom is 0.245 e. The molecule has 0 N–H and O–H groups in total. The fraction of sp³-hybridized carbons (Fsp3) is 0.818. The molecule has 0 saturated carbocycles. The van der Waals surface area contributed by atoms with Crippen LogP contribution in [-0.4, -0.2) is 76.2 Å². The van der Waals surface area contributed by atoms with Gasteiger partial charge in [0.2, 0.25) is 11.8 Å². The van der Waals surface area contributed by atoms with Crippen LogP contribution in [0.1, 0.15) is 117 Å². The summed E-state index contributed by atoms with van der Waals surface area (Å²) in [7, 11) is 6.93. The highest BCUT2D eigenvalue weighted by atomic mass is 16.5. The molecule has 0 aliphatic carbocycles. The van der Waals surface area contributed by atoms with Crippen molar-refractivity contribution in [3.63, 3.8) is 0 Å². The minimum absolute atomic E-state index is 0.0992. The molecule has 0 spiro atoms. The Morgan fingerprint density at radius 1 is 0.538 bits per heavy atom. The molecule has 0 aromatic heterocycles. The number of hydrogen-bond donors (Lipinski definition) is 0. The number of nitrogens with zero attached hydrogens (tertiary/aromatic N) is 2. The zero-order chi connectivity index (χ0) is 29.2. The van der Waals surface area contributed by atoms with Gasteiger partial charge in [-0.1, -0.05) is 116 Å². The molecule has 0 unspecified atom stereocenters. The quantitative estimate of drug-likeness (QED) is 0.0823. The highest BCUT2D eigenvalue weighted by Gasteiger charge is 2.26. The lowest BCUT2D eigenvalue weighted by Gasteiger charge is -2.28. The van der Waals surface area contributed by atoms with E-state index in [1.54, 1.807) is 50.1 Å². The predicted molar refractivity (Wildman–Crippen MR) is 165 cm³/mol. The molecule has 0 radical (unpaired) electrons. The van der Waals surface area contributed by atoms with Gasteiger partial charge >= 0.3 is 0 Å². The van der Waals surface area contributed by atoms with Crippen molar-refractivity contribution in [2.45, 2.75) is 117 Å². The minimum Gasteiger partial charge on any atom is -0.380 e. The van der Waals surface area contributed by atoms with Crippen LogP contribution in [0.4, 0.5) is 0 Å². The number of rotatable bonds is 26. The van der Waals surface area contributed by atoms with Crippen LogP contribution in [-0.2, 0) is 19.1 Å². The monoisotopic (exact) mass is 550 g/mol. The zero-order valence-corrected chi connectivity index (χ0v) is 26.5. The number of carbonyl (C=O) groups excluding carboxylic acids is 2. The first kappa shape index (κ1) is 37.3. The molecule has 0 aliphatic heterocycles. The molecule has 0 aromatic rings. The fourth-order valence-electron chi connectivity index (χ4n) is 4.26. The highest BCUT2D eigenvalue weighted by Crippen LogP contribution is 2.24. The lowest BCUT2D eigenvalue weighted by atomic mass is 9.88.